The SMILES string of the molecule is CC(C)NCc1cc(Cl)ccc1OCC1CCOC1. The smallest absolute Gasteiger partial charge is 0.123 e. The molecule has 3 nitrogen and oxygen atoms in total. The van der Waals surface area contributed by atoms with Gasteiger partial charge < -0.3 is 14.8 Å². The van der Waals surface area contributed by atoms with Gasteiger partial charge in [-0.25, -0.2) is 0 Å². The zero-order valence-electron chi connectivity index (χ0n) is 11.6. The van der Waals surface area contributed by atoms with Gasteiger partial charge in [0.05, 0.1) is 13.2 Å². The van der Waals surface area contributed by atoms with Crippen LogP contribution in [0.2, 0.25) is 5.02 Å². The third-order valence-electron chi connectivity index (χ3n) is 3.22. The first kappa shape index (κ1) is 14.6. The molecular weight excluding hydrogens is 262 g/mol. The normalized spacial score (nSPS) is 19.1. The van der Waals surface area contributed by atoms with Gasteiger partial charge in [-0.15, -0.1) is 0 Å². The number of benzene rings is 1. The minimum absolute atomic E-state index is 0.440. The molecule has 1 fully saturated rings. The zero-order chi connectivity index (χ0) is 13.7. The van der Waals surface area contributed by atoms with Gasteiger partial charge in [0.15, 0.2) is 0 Å². The van der Waals surface area contributed by atoms with Gasteiger partial charge in [-0.05, 0) is 24.6 Å². The minimum Gasteiger partial charge on any atom is -0.493 e. The van der Waals surface area contributed by atoms with Crippen LogP contribution in [0.3, 0.4) is 0 Å². The summed E-state index contributed by atoms with van der Waals surface area (Å²) in [6.45, 7) is 7.41. The van der Waals surface area contributed by atoms with Gasteiger partial charge in [0, 0.05) is 35.7 Å². The number of ether oxygens (including phenoxy) is 2. The van der Waals surface area contributed by atoms with E-state index in [1.807, 2.05) is 18.2 Å². The van der Waals surface area contributed by atoms with Crippen molar-refractivity contribution in [1.29, 1.82) is 0 Å². The predicted molar refractivity (Wildman–Crippen MR) is 77.8 cm³/mol. The Kier molecular flexibility index (Phi) is 5.49. The van der Waals surface area contributed by atoms with Crippen LogP contribution < -0.4 is 10.1 Å². The van der Waals surface area contributed by atoms with Crippen LogP contribution in [0.25, 0.3) is 0 Å². The first-order valence-electron chi connectivity index (χ1n) is 6.87. The fraction of sp³-hybridized carbons (Fsp3) is 0.600. The van der Waals surface area contributed by atoms with E-state index in [-0.39, 0.29) is 0 Å². The van der Waals surface area contributed by atoms with Crippen molar-refractivity contribution in [2.75, 3.05) is 19.8 Å². The molecule has 1 unspecified atom stereocenters. The summed E-state index contributed by atoms with van der Waals surface area (Å²) >= 11 is 6.06. The van der Waals surface area contributed by atoms with Gasteiger partial charge in [0.1, 0.15) is 5.75 Å². The van der Waals surface area contributed by atoms with Gasteiger partial charge >= 0.3 is 0 Å². The van der Waals surface area contributed by atoms with Gasteiger partial charge in [0.25, 0.3) is 0 Å². The third kappa shape index (κ3) is 4.68. The van der Waals surface area contributed by atoms with Crippen molar-refractivity contribution < 1.29 is 9.47 Å². The van der Waals surface area contributed by atoms with E-state index in [0.29, 0.717) is 12.0 Å². The Bertz CT molecular complexity index is 403. The molecule has 1 heterocycles. The average Bonchev–Trinajstić information content (AvgIpc) is 2.88. The van der Waals surface area contributed by atoms with E-state index in [2.05, 4.69) is 19.2 Å². The first-order chi connectivity index (χ1) is 9.15. The summed E-state index contributed by atoms with van der Waals surface area (Å²) in [5, 5.41) is 4.14. The maximum absolute atomic E-state index is 6.06. The maximum atomic E-state index is 6.06. The molecule has 1 N–H and O–H groups in total. The molecule has 1 aromatic rings. The lowest BCUT2D eigenvalue weighted by Gasteiger charge is -2.16. The van der Waals surface area contributed by atoms with Crippen LogP contribution in [0.15, 0.2) is 18.2 Å². The quantitative estimate of drug-likeness (QED) is 0.869. The highest BCUT2D eigenvalue weighted by Crippen LogP contribution is 2.24. The summed E-state index contributed by atoms with van der Waals surface area (Å²) in [5.74, 6) is 1.44. The summed E-state index contributed by atoms with van der Waals surface area (Å²) in [6, 6.07) is 6.24. The molecular formula is C15H22ClNO2. The minimum atomic E-state index is 0.440. The Morgan fingerprint density at radius 2 is 2.32 bits per heavy atom. The fourth-order valence-corrected chi connectivity index (χ4v) is 2.26. The van der Waals surface area contributed by atoms with Crippen molar-refractivity contribution >= 4 is 11.6 Å². The van der Waals surface area contributed by atoms with Crippen LogP contribution in [-0.2, 0) is 11.3 Å². The van der Waals surface area contributed by atoms with Crippen LogP contribution in [-0.4, -0.2) is 25.9 Å². The van der Waals surface area contributed by atoms with Crippen molar-refractivity contribution in [1.82, 2.24) is 5.32 Å². The fourth-order valence-electron chi connectivity index (χ4n) is 2.06. The van der Waals surface area contributed by atoms with Gasteiger partial charge in [-0.2, -0.15) is 0 Å². The monoisotopic (exact) mass is 283 g/mol. The molecule has 19 heavy (non-hydrogen) atoms. The second kappa shape index (κ2) is 7.13. The topological polar surface area (TPSA) is 30.5 Å². The summed E-state index contributed by atoms with van der Waals surface area (Å²) in [4.78, 5) is 0. The molecule has 0 radical (unpaired) electrons. The third-order valence-corrected chi connectivity index (χ3v) is 3.46. The van der Waals surface area contributed by atoms with Crippen molar-refractivity contribution in [2.24, 2.45) is 5.92 Å². The number of rotatable bonds is 6. The van der Waals surface area contributed by atoms with E-state index in [1.54, 1.807) is 0 Å². The van der Waals surface area contributed by atoms with Crippen LogP contribution in [0.1, 0.15) is 25.8 Å². The van der Waals surface area contributed by atoms with E-state index in [4.69, 9.17) is 21.1 Å². The Balaban J connectivity index is 1.96. The second-order valence-corrected chi connectivity index (χ2v) is 5.76. The van der Waals surface area contributed by atoms with E-state index in [0.717, 1.165) is 49.1 Å². The highest BCUT2D eigenvalue weighted by atomic mass is 35.5. The van der Waals surface area contributed by atoms with Crippen LogP contribution in [0.5, 0.6) is 5.75 Å². The largest absolute Gasteiger partial charge is 0.493 e. The lowest BCUT2D eigenvalue weighted by Crippen LogP contribution is -2.22. The number of halogens is 1. The van der Waals surface area contributed by atoms with Crippen molar-refractivity contribution in [3.8, 4) is 5.75 Å². The summed E-state index contributed by atoms with van der Waals surface area (Å²) in [7, 11) is 0. The molecule has 1 atom stereocenters. The molecule has 0 aliphatic carbocycles. The Labute approximate surface area is 120 Å². The summed E-state index contributed by atoms with van der Waals surface area (Å²) in [6.07, 6.45) is 1.09. The van der Waals surface area contributed by atoms with Crippen molar-refractivity contribution in [3.63, 3.8) is 0 Å². The van der Waals surface area contributed by atoms with Gasteiger partial charge in [0.2, 0.25) is 0 Å². The molecule has 0 bridgehead atoms. The lowest BCUT2D eigenvalue weighted by atomic mass is 10.1. The van der Waals surface area contributed by atoms with E-state index < -0.39 is 0 Å². The van der Waals surface area contributed by atoms with E-state index in [9.17, 15) is 0 Å². The van der Waals surface area contributed by atoms with Crippen molar-refractivity contribution in [2.45, 2.75) is 32.9 Å². The van der Waals surface area contributed by atoms with Gasteiger partial charge in [-0.3, -0.25) is 0 Å². The van der Waals surface area contributed by atoms with E-state index in [1.165, 1.54) is 0 Å². The zero-order valence-corrected chi connectivity index (χ0v) is 12.4. The summed E-state index contributed by atoms with van der Waals surface area (Å²) in [5.41, 5.74) is 1.11. The van der Waals surface area contributed by atoms with Crippen LogP contribution >= 0.6 is 11.6 Å². The maximum Gasteiger partial charge on any atom is 0.123 e. The second-order valence-electron chi connectivity index (χ2n) is 5.33. The van der Waals surface area contributed by atoms with Crippen LogP contribution in [0, 0.1) is 5.92 Å². The van der Waals surface area contributed by atoms with Crippen molar-refractivity contribution in [3.05, 3.63) is 28.8 Å². The molecule has 2 rings (SSSR count). The Morgan fingerprint density at radius 1 is 1.47 bits per heavy atom. The summed E-state index contributed by atoms with van der Waals surface area (Å²) < 4.78 is 11.3. The first-order valence-corrected chi connectivity index (χ1v) is 7.25. The lowest BCUT2D eigenvalue weighted by molar-refractivity contribution is 0.166. The molecule has 0 spiro atoms. The molecule has 4 heteroatoms. The average molecular weight is 284 g/mol. The molecule has 106 valence electrons. The predicted octanol–water partition coefficient (Wildman–Crippen LogP) is 3.25. The van der Waals surface area contributed by atoms with Gasteiger partial charge in [-0.1, -0.05) is 25.4 Å². The Hall–Kier alpha value is -0.770. The van der Waals surface area contributed by atoms with Crippen LogP contribution in [0.4, 0.5) is 0 Å². The molecule has 0 amide bonds. The molecule has 1 aliphatic heterocycles. The number of hydrogen-bond acceptors (Lipinski definition) is 3. The highest BCUT2D eigenvalue weighted by molar-refractivity contribution is 6.30. The highest BCUT2D eigenvalue weighted by Gasteiger charge is 2.17. The molecule has 1 aliphatic rings. The number of hydrogen-bond donors (Lipinski definition) is 1. The number of nitrogens with one attached hydrogen (secondary N) is 1. The van der Waals surface area contributed by atoms with E-state index >= 15 is 0 Å². The molecule has 1 aromatic carbocycles. The molecule has 0 saturated carbocycles. The molecule has 1 saturated heterocycles. The standard InChI is InChI=1S/C15H22ClNO2/c1-11(2)17-8-13-7-14(16)3-4-15(13)19-10-12-5-6-18-9-12/h3-4,7,11-12,17H,5-6,8-10H2,1-2H3. The molecule has 0 aromatic heterocycles. The Morgan fingerprint density at radius 3 is 3.00 bits per heavy atom.